The van der Waals surface area contributed by atoms with Crippen molar-refractivity contribution in [2.24, 2.45) is 0 Å². The average Bonchev–Trinajstić information content (AvgIpc) is 2.36. The van der Waals surface area contributed by atoms with E-state index in [-0.39, 0.29) is 18.2 Å². The zero-order valence-electron chi connectivity index (χ0n) is 10.5. The predicted octanol–water partition coefficient (Wildman–Crippen LogP) is 2.47. The molecule has 1 N–H and O–H groups in total. The summed E-state index contributed by atoms with van der Waals surface area (Å²) in [6, 6.07) is 4.60. The Kier molecular flexibility index (Phi) is 6.35. The first-order chi connectivity index (χ1) is 9.43. The third kappa shape index (κ3) is 5.11. The van der Waals surface area contributed by atoms with E-state index in [1.165, 1.54) is 18.2 Å². The molecular weight excluding hydrogens is 305 g/mol. The number of carbonyl (C=O) groups is 2. The summed E-state index contributed by atoms with van der Waals surface area (Å²) in [5.74, 6) is -1.28. The van der Waals surface area contributed by atoms with Crippen molar-refractivity contribution in [1.82, 2.24) is 4.90 Å². The lowest BCUT2D eigenvalue weighted by Crippen LogP contribution is -2.38. The summed E-state index contributed by atoms with van der Waals surface area (Å²) in [5.41, 5.74) is 0. The van der Waals surface area contributed by atoms with Crippen molar-refractivity contribution in [2.75, 3.05) is 19.7 Å². The molecule has 0 heterocycles. The molecule has 0 spiro atoms. The summed E-state index contributed by atoms with van der Waals surface area (Å²) < 4.78 is 5.25. The number of benzene rings is 1. The highest BCUT2D eigenvalue weighted by atomic mass is 35.5. The predicted molar refractivity (Wildman–Crippen MR) is 76.4 cm³/mol. The molecule has 1 rings (SSSR count). The fourth-order valence-electron chi connectivity index (χ4n) is 1.40. The van der Waals surface area contributed by atoms with E-state index in [0.717, 1.165) is 4.90 Å². The molecule has 0 saturated heterocycles. The van der Waals surface area contributed by atoms with E-state index in [4.69, 9.17) is 33.0 Å². The molecule has 0 bridgehead atoms. The lowest BCUT2D eigenvalue weighted by atomic mass is 10.3. The zero-order valence-corrected chi connectivity index (χ0v) is 12.0. The first kappa shape index (κ1) is 16.3. The minimum Gasteiger partial charge on any atom is -0.482 e. The van der Waals surface area contributed by atoms with Crippen molar-refractivity contribution in [2.45, 2.75) is 0 Å². The number of carbonyl (C=O) groups excluding carboxylic acids is 1. The van der Waals surface area contributed by atoms with Crippen LogP contribution in [0.4, 0.5) is 0 Å². The molecule has 0 aromatic heterocycles. The lowest BCUT2D eigenvalue weighted by Gasteiger charge is -2.19. The summed E-state index contributed by atoms with van der Waals surface area (Å²) in [5, 5.41) is 9.44. The fourth-order valence-corrected chi connectivity index (χ4v) is 1.86. The fraction of sp³-hybridized carbons (Fsp3) is 0.231. The van der Waals surface area contributed by atoms with E-state index in [1.54, 1.807) is 6.07 Å². The van der Waals surface area contributed by atoms with Gasteiger partial charge in [0.15, 0.2) is 6.61 Å². The number of ether oxygens (including phenoxy) is 1. The second-order valence-electron chi connectivity index (χ2n) is 3.82. The Labute approximate surface area is 126 Å². The van der Waals surface area contributed by atoms with Crippen molar-refractivity contribution in [3.05, 3.63) is 40.9 Å². The number of halogens is 2. The lowest BCUT2D eigenvalue weighted by molar-refractivity contribution is -0.144. The number of hydrogen-bond acceptors (Lipinski definition) is 3. The molecule has 1 aromatic rings. The topological polar surface area (TPSA) is 66.8 Å². The summed E-state index contributed by atoms with van der Waals surface area (Å²) in [6.07, 6.45) is 1.44. The first-order valence-corrected chi connectivity index (χ1v) is 6.38. The highest BCUT2D eigenvalue weighted by molar-refractivity contribution is 6.35. The largest absolute Gasteiger partial charge is 0.482 e. The molecule has 1 amide bonds. The molecule has 1 aromatic carbocycles. The standard InChI is InChI=1S/C13H13Cl2NO4/c1-2-5-16(7-13(18)19)12(17)8-20-11-4-3-9(14)6-10(11)15/h2-4,6H,1,5,7-8H2,(H,18,19). The minimum atomic E-state index is -1.11. The third-order valence-electron chi connectivity index (χ3n) is 2.27. The van der Waals surface area contributed by atoms with Crippen molar-refractivity contribution in [3.8, 4) is 5.75 Å². The SMILES string of the molecule is C=CCN(CC(=O)O)C(=O)COc1ccc(Cl)cc1Cl. The van der Waals surface area contributed by atoms with Crippen LogP contribution in [0.15, 0.2) is 30.9 Å². The zero-order chi connectivity index (χ0) is 15.1. The Morgan fingerprint density at radius 3 is 2.65 bits per heavy atom. The maximum atomic E-state index is 11.8. The normalized spacial score (nSPS) is 9.90. The second-order valence-corrected chi connectivity index (χ2v) is 4.66. The Balaban J connectivity index is 2.64. The van der Waals surface area contributed by atoms with Gasteiger partial charge >= 0.3 is 5.97 Å². The Bertz CT molecular complexity index is 519. The quantitative estimate of drug-likeness (QED) is 0.784. The van der Waals surface area contributed by atoms with E-state index >= 15 is 0 Å². The van der Waals surface area contributed by atoms with Crippen molar-refractivity contribution in [1.29, 1.82) is 0 Å². The van der Waals surface area contributed by atoms with E-state index in [0.29, 0.717) is 10.8 Å². The number of carboxylic acid groups (broad SMARTS) is 1. The molecule has 0 aliphatic carbocycles. The Morgan fingerprint density at radius 1 is 1.40 bits per heavy atom. The number of nitrogens with zero attached hydrogens (tertiary/aromatic N) is 1. The number of hydrogen-bond donors (Lipinski definition) is 1. The highest BCUT2D eigenvalue weighted by Crippen LogP contribution is 2.27. The van der Waals surface area contributed by atoms with Crippen molar-refractivity contribution in [3.63, 3.8) is 0 Å². The van der Waals surface area contributed by atoms with Crippen LogP contribution in [0.1, 0.15) is 0 Å². The summed E-state index contributed by atoms with van der Waals surface area (Å²) >= 11 is 11.6. The van der Waals surface area contributed by atoms with Gasteiger partial charge in [-0.3, -0.25) is 9.59 Å². The average molecular weight is 318 g/mol. The molecule has 5 nitrogen and oxygen atoms in total. The van der Waals surface area contributed by atoms with Crippen LogP contribution in [-0.4, -0.2) is 41.6 Å². The van der Waals surface area contributed by atoms with Gasteiger partial charge in [-0.25, -0.2) is 0 Å². The van der Waals surface area contributed by atoms with Gasteiger partial charge in [-0.1, -0.05) is 29.3 Å². The van der Waals surface area contributed by atoms with Crippen LogP contribution in [0.25, 0.3) is 0 Å². The van der Waals surface area contributed by atoms with Crippen molar-refractivity contribution >= 4 is 35.1 Å². The van der Waals surface area contributed by atoms with Gasteiger partial charge in [0.1, 0.15) is 12.3 Å². The number of aliphatic carboxylic acids is 1. The Morgan fingerprint density at radius 2 is 2.10 bits per heavy atom. The van der Waals surface area contributed by atoms with Crippen LogP contribution < -0.4 is 4.74 Å². The minimum absolute atomic E-state index is 0.128. The van der Waals surface area contributed by atoms with Gasteiger partial charge in [-0.2, -0.15) is 0 Å². The van der Waals surface area contributed by atoms with Gasteiger partial charge in [-0.15, -0.1) is 6.58 Å². The number of amides is 1. The molecule has 7 heteroatoms. The molecule has 0 aliphatic heterocycles. The molecule has 0 radical (unpaired) electrons. The monoisotopic (exact) mass is 317 g/mol. The van der Waals surface area contributed by atoms with Gasteiger partial charge in [0.25, 0.3) is 5.91 Å². The molecule has 0 unspecified atom stereocenters. The van der Waals surface area contributed by atoms with Gasteiger partial charge < -0.3 is 14.7 Å². The van der Waals surface area contributed by atoms with Crippen LogP contribution in [0.3, 0.4) is 0 Å². The van der Waals surface area contributed by atoms with Crippen LogP contribution in [0, 0.1) is 0 Å². The third-order valence-corrected chi connectivity index (χ3v) is 2.80. The van der Waals surface area contributed by atoms with E-state index in [9.17, 15) is 9.59 Å². The van der Waals surface area contributed by atoms with Gasteiger partial charge in [-0.05, 0) is 18.2 Å². The highest BCUT2D eigenvalue weighted by Gasteiger charge is 2.16. The van der Waals surface area contributed by atoms with Crippen LogP contribution in [0.2, 0.25) is 10.0 Å². The van der Waals surface area contributed by atoms with Crippen LogP contribution in [0.5, 0.6) is 5.75 Å². The van der Waals surface area contributed by atoms with E-state index < -0.39 is 18.4 Å². The smallest absolute Gasteiger partial charge is 0.323 e. The van der Waals surface area contributed by atoms with Crippen molar-refractivity contribution < 1.29 is 19.4 Å². The summed E-state index contributed by atoms with van der Waals surface area (Å²) in [7, 11) is 0. The van der Waals surface area contributed by atoms with E-state index in [2.05, 4.69) is 6.58 Å². The van der Waals surface area contributed by atoms with Gasteiger partial charge in [0, 0.05) is 11.6 Å². The summed E-state index contributed by atoms with van der Waals surface area (Å²) in [4.78, 5) is 23.6. The summed E-state index contributed by atoms with van der Waals surface area (Å²) in [6.45, 7) is 2.87. The molecule has 108 valence electrons. The molecule has 0 atom stereocenters. The maximum Gasteiger partial charge on any atom is 0.323 e. The number of rotatable bonds is 7. The maximum absolute atomic E-state index is 11.8. The Hall–Kier alpha value is -1.72. The first-order valence-electron chi connectivity index (χ1n) is 5.62. The number of carboxylic acids is 1. The molecule has 0 aliphatic rings. The molecule has 20 heavy (non-hydrogen) atoms. The van der Waals surface area contributed by atoms with Crippen LogP contribution in [-0.2, 0) is 9.59 Å². The molecular formula is C13H13Cl2NO4. The van der Waals surface area contributed by atoms with Gasteiger partial charge in [0.05, 0.1) is 5.02 Å². The van der Waals surface area contributed by atoms with E-state index in [1.807, 2.05) is 0 Å². The molecule has 0 saturated carbocycles. The molecule has 0 fully saturated rings. The van der Waals surface area contributed by atoms with Gasteiger partial charge in [0.2, 0.25) is 0 Å². The second kappa shape index (κ2) is 7.77. The van der Waals surface area contributed by atoms with Crippen LogP contribution >= 0.6 is 23.2 Å².